The van der Waals surface area contributed by atoms with Crippen molar-refractivity contribution in [2.45, 2.75) is 19.8 Å². The predicted octanol–water partition coefficient (Wildman–Crippen LogP) is 3.64. The number of halogens is 1. The summed E-state index contributed by atoms with van der Waals surface area (Å²) in [7, 11) is 0. The van der Waals surface area contributed by atoms with E-state index in [-0.39, 0.29) is 0 Å². The zero-order valence-corrected chi connectivity index (χ0v) is 12.0. The molecule has 5 nitrogen and oxygen atoms in total. The normalized spacial score (nSPS) is 11.2. The maximum absolute atomic E-state index is 6.02. The number of anilines is 2. The van der Waals surface area contributed by atoms with Crippen LogP contribution in [0.3, 0.4) is 0 Å². The molecule has 0 atom stereocenters. The van der Waals surface area contributed by atoms with E-state index in [0.29, 0.717) is 16.8 Å². The van der Waals surface area contributed by atoms with Crippen molar-refractivity contribution in [2.24, 2.45) is 0 Å². The molecule has 1 N–H and O–H groups in total. The SMILES string of the molecule is CC(C)c1ccccc1Nc1cc(Cl)nc2ncnn12. The van der Waals surface area contributed by atoms with Gasteiger partial charge in [0.25, 0.3) is 5.78 Å². The summed E-state index contributed by atoms with van der Waals surface area (Å²) in [6.07, 6.45) is 1.46. The Morgan fingerprint density at radius 1 is 1.25 bits per heavy atom. The number of fused-ring (bicyclic) bond motifs is 1. The fourth-order valence-electron chi connectivity index (χ4n) is 2.12. The molecule has 0 amide bonds. The highest BCUT2D eigenvalue weighted by Crippen LogP contribution is 2.27. The smallest absolute Gasteiger partial charge is 0.255 e. The van der Waals surface area contributed by atoms with E-state index >= 15 is 0 Å². The first-order chi connectivity index (χ1) is 9.65. The van der Waals surface area contributed by atoms with Gasteiger partial charge in [-0.3, -0.25) is 0 Å². The molecule has 0 aliphatic heterocycles. The summed E-state index contributed by atoms with van der Waals surface area (Å²) in [4.78, 5) is 8.17. The molecule has 0 unspecified atom stereocenters. The third-order valence-corrected chi connectivity index (χ3v) is 3.26. The summed E-state index contributed by atoms with van der Waals surface area (Å²) in [5.74, 6) is 1.63. The van der Waals surface area contributed by atoms with Gasteiger partial charge in [-0.1, -0.05) is 43.6 Å². The average molecular weight is 288 g/mol. The highest BCUT2D eigenvalue weighted by atomic mass is 35.5. The molecule has 6 heteroatoms. The highest BCUT2D eigenvalue weighted by molar-refractivity contribution is 6.29. The molecule has 0 radical (unpaired) electrons. The largest absolute Gasteiger partial charge is 0.340 e. The van der Waals surface area contributed by atoms with Crippen molar-refractivity contribution in [1.82, 2.24) is 19.6 Å². The molecular weight excluding hydrogens is 274 g/mol. The predicted molar refractivity (Wildman–Crippen MR) is 79.6 cm³/mol. The van der Waals surface area contributed by atoms with E-state index in [9.17, 15) is 0 Å². The number of rotatable bonds is 3. The average Bonchev–Trinajstić information content (AvgIpc) is 2.87. The minimum absolute atomic E-state index is 0.384. The third-order valence-electron chi connectivity index (χ3n) is 3.07. The molecule has 20 heavy (non-hydrogen) atoms. The van der Waals surface area contributed by atoms with Crippen LogP contribution in [0.15, 0.2) is 36.7 Å². The number of aromatic nitrogens is 4. The van der Waals surface area contributed by atoms with E-state index in [1.807, 2.05) is 18.2 Å². The Hall–Kier alpha value is -2.14. The number of hydrogen-bond donors (Lipinski definition) is 1. The van der Waals surface area contributed by atoms with Crippen molar-refractivity contribution in [3.8, 4) is 0 Å². The molecule has 0 saturated carbocycles. The van der Waals surface area contributed by atoms with Gasteiger partial charge in [0.15, 0.2) is 0 Å². The highest BCUT2D eigenvalue weighted by Gasteiger charge is 2.10. The molecule has 3 rings (SSSR count). The minimum atomic E-state index is 0.384. The topological polar surface area (TPSA) is 55.1 Å². The molecule has 2 aromatic heterocycles. The Labute approximate surface area is 121 Å². The second-order valence-electron chi connectivity index (χ2n) is 4.80. The van der Waals surface area contributed by atoms with Crippen molar-refractivity contribution >= 4 is 28.9 Å². The molecule has 0 bridgehead atoms. The standard InChI is InChI=1S/C14H14ClN5/c1-9(2)10-5-3-4-6-11(10)18-13-7-12(15)19-14-16-8-17-20(13)14/h3-9,18H,1-2H3. The minimum Gasteiger partial charge on any atom is -0.340 e. The lowest BCUT2D eigenvalue weighted by Gasteiger charge is -2.15. The van der Waals surface area contributed by atoms with Crippen LogP contribution in [0.2, 0.25) is 5.15 Å². The summed E-state index contributed by atoms with van der Waals surface area (Å²) in [5.41, 5.74) is 2.26. The van der Waals surface area contributed by atoms with Crippen LogP contribution in [0.5, 0.6) is 0 Å². The van der Waals surface area contributed by atoms with Crippen LogP contribution in [0.4, 0.5) is 11.5 Å². The Balaban J connectivity index is 2.08. The van der Waals surface area contributed by atoms with Gasteiger partial charge in [0.2, 0.25) is 0 Å². The van der Waals surface area contributed by atoms with E-state index in [0.717, 1.165) is 11.5 Å². The second kappa shape index (κ2) is 5.09. The maximum Gasteiger partial charge on any atom is 0.255 e. The lowest BCUT2D eigenvalue weighted by atomic mass is 10.0. The van der Waals surface area contributed by atoms with Crippen LogP contribution in [-0.4, -0.2) is 19.6 Å². The maximum atomic E-state index is 6.02. The van der Waals surface area contributed by atoms with Crippen LogP contribution in [-0.2, 0) is 0 Å². The second-order valence-corrected chi connectivity index (χ2v) is 5.19. The van der Waals surface area contributed by atoms with E-state index in [4.69, 9.17) is 11.6 Å². The first-order valence-electron chi connectivity index (χ1n) is 6.37. The Morgan fingerprint density at radius 2 is 2.05 bits per heavy atom. The van der Waals surface area contributed by atoms with Crippen molar-refractivity contribution in [3.63, 3.8) is 0 Å². The van der Waals surface area contributed by atoms with Crippen LogP contribution in [0, 0.1) is 0 Å². The molecule has 102 valence electrons. The van der Waals surface area contributed by atoms with E-state index < -0.39 is 0 Å². The van der Waals surface area contributed by atoms with Crippen molar-refractivity contribution in [2.75, 3.05) is 5.32 Å². The molecule has 0 fully saturated rings. The van der Waals surface area contributed by atoms with Gasteiger partial charge in [-0.15, -0.1) is 0 Å². The van der Waals surface area contributed by atoms with Crippen LogP contribution in [0.25, 0.3) is 5.78 Å². The first-order valence-corrected chi connectivity index (χ1v) is 6.75. The monoisotopic (exact) mass is 287 g/mol. The van der Waals surface area contributed by atoms with Crippen molar-refractivity contribution in [1.29, 1.82) is 0 Å². The fraction of sp³-hybridized carbons (Fsp3) is 0.214. The van der Waals surface area contributed by atoms with Crippen LogP contribution < -0.4 is 5.32 Å². The Kier molecular flexibility index (Phi) is 3.28. The van der Waals surface area contributed by atoms with Gasteiger partial charge in [0.1, 0.15) is 17.3 Å². The number of hydrogen-bond acceptors (Lipinski definition) is 4. The van der Waals surface area contributed by atoms with E-state index in [2.05, 4.69) is 40.3 Å². The van der Waals surface area contributed by atoms with Gasteiger partial charge in [-0.2, -0.15) is 19.6 Å². The lowest BCUT2D eigenvalue weighted by molar-refractivity contribution is 0.867. The molecule has 0 spiro atoms. The Bertz CT molecular complexity index is 750. The fourth-order valence-corrected chi connectivity index (χ4v) is 2.30. The summed E-state index contributed by atoms with van der Waals surface area (Å²) >= 11 is 6.02. The van der Waals surface area contributed by atoms with Gasteiger partial charge in [0, 0.05) is 11.8 Å². The van der Waals surface area contributed by atoms with Gasteiger partial charge in [-0.05, 0) is 17.5 Å². The zero-order valence-electron chi connectivity index (χ0n) is 11.2. The summed E-state index contributed by atoms with van der Waals surface area (Å²) in [6, 6.07) is 9.90. The molecule has 0 aliphatic rings. The first kappa shape index (κ1) is 12.9. The summed E-state index contributed by atoms with van der Waals surface area (Å²) in [6.45, 7) is 4.32. The molecule has 1 aromatic carbocycles. The zero-order chi connectivity index (χ0) is 14.1. The van der Waals surface area contributed by atoms with E-state index in [1.54, 1.807) is 10.6 Å². The Morgan fingerprint density at radius 3 is 2.85 bits per heavy atom. The molecule has 2 heterocycles. The summed E-state index contributed by atoms with van der Waals surface area (Å²) in [5, 5.41) is 7.90. The van der Waals surface area contributed by atoms with Crippen LogP contribution >= 0.6 is 11.6 Å². The number of nitrogens with one attached hydrogen (secondary N) is 1. The van der Waals surface area contributed by atoms with Crippen molar-refractivity contribution < 1.29 is 0 Å². The third kappa shape index (κ3) is 2.32. The molecule has 0 saturated heterocycles. The molecular formula is C14H14ClN5. The quantitative estimate of drug-likeness (QED) is 0.747. The van der Waals surface area contributed by atoms with Gasteiger partial charge < -0.3 is 5.32 Å². The molecule has 0 aliphatic carbocycles. The number of benzene rings is 1. The van der Waals surface area contributed by atoms with Gasteiger partial charge >= 0.3 is 0 Å². The number of nitrogens with zero attached hydrogens (tertiary/aromatic N) is 4. The van der Waals surface area contributed by atoms with Gasteiger partial charge in [0.05, 0.1) is 0 Å². The van der Waals surface area contributed by atoms with Gasteiger partial charge in [-0.25, -0.2) is 0 Å². The summed E-state index contributed by atoms with van der Waals surface area (Å²) < 4.78 is 1.63. The molecule has 3 aromatic rings. The van der Waals surface area contributed by atoms with Crippen molar-refractivity contribution in [3.05, 3.63) is 47.4 Å². The van der Waals surface area contributed by atoms with Crippen LogP contribution in [0.1, 0.15) is 25.3 Å². The van der Waals surface area contributed by atoms with E-state index in [1.165, 1.54) is 11.9 Å². The lowest BCUT2D eigenvalue weighted by Crippen LogP contribution is -2.04. The number of para-hydroxylation sites is 1.